The molecule has 0 aliphatic rings. The van der Waals surface area contributed by atoms with E-state index in [1.165, 1.54) is 11.8 Å². The minimum Gasteiger partial charge on any atom is -0.497 e. The van der Waals surface area contributed by atoms with E-state index in [2.05, 4.69) is 15.6 Å². The van der Waals surface area contributed by atoms with Crippen LogP contribution < -0.4 is 10.1 Å². The van der Waals surface area contributed by atoms with Crippen molar-refractivity contribution in [2.45, 2.75) is 32.4 Å². The van der Waals surface area contributed by atoms with Crippen LogP contribution in [0, 0.1) is 0 Å². The van der Waals surface area contributed by atoms with Crippen LogP contribution >= 0.6 is 0 Å². The normalized spacial score (nSPS) is 12.0. The smallest absolute Gasteiger partial charge is 0.416 e. The Kier molecular flexibility index (Phi) is 9.42. The highest BCUT2D eigenvalue weighted by molar-refractivity contribution is 5.89. The van der Waals surface area contributed by atoms with Gasteiger partial charge in [-0.2, -0.15) is 13.2 Å². The van der Waals surface area contributed by atoms with Gasteiger partial charge < -0.3 is 19.3 Å². The molecule has 4 aromatic rings. The Labute approximate surface area is 238 Å². The summed E-state index contributed by atoms with van der Waals surface area (Å²) in [7, 11) is 1.51. The Morgan fingerprint density at radius 3 is 2.36 bits per heavy atom. The predicted molar refractivity (Wildman–Crippen MR) is 144 cm³/mol. The van der Waals surface area contributed by atoms with E-state index in [4.69, 9.17) is 14.2 Å². The van der Waals surface area contributed by atoms with Crippen molar-refractivity contribution in [2.75, 3.05) is 19.0 Å². The number of halogens is 3. The maximum absolute atomic E-state index is 13.6. The zero-order valence-electron chi connectivity index (χ0n) is 22.6. The molecule has 1 unspecified atom stereocenters. The Bertz CT molecular complexity index is 1520. The van der Waals surface area contributed by atoms with Crippen molar-refractivity contribution >= 4 is 17.7 Å². The summed E-state index contributed by atoms with van der Waals surface area (Å²) in [4.78, 5) is 25.3. The second-order valence-electron chi connectivity index (χ2n) is 8.94. The van der Waals surface area contributed by atoms with Crippen LogP contribution in [0.4, 0.5) is 23.7 Å². The molecule has 1 amide bonds. The van der Waals surface area contributed by atoms with Gasteiger partial charge in [0.1, 0.15) is 24.2 Å². The van der Waals surface area contributed by atoms with Gasteiger partial charge in [0.2, 0.25) is 0 Å². The number of benzene rings is 3. The molecule has 0 bridgehead atoms. The highest BCUT2D eigenvalue weighted by Crippen LogP contribution is 2.36. The number of aliphatic hydroxyl groups excluding tert-OH is 1. The number of aromatic nitrogens is 3. The van der Waals surface area contributed by atoms with Gasteiger partial charge in [0, 0.05) is 5.56 Å². The molecule has 3 aromatic carbocycles. The van der Waals surface area contributed by atoms with Gasteiger partial charge in [-0.1, -0.05) is 53.7 Å². The number of amides is 1. The molecule has 0 saturated heterocycles. The molecule has 0 spiro atoms. The summed E-state index contributed by atoms with van der Waals surface area (Å²) in [6.07, 6.45) is -7.56. The number of aliphatic hydroxyl groups is 1. The Hall–Kier alpha value is -4.91. The number of anilines is 1. The number of carbonyl (C=O) groups excluding carboxylic acids is 2. The average Bonchev–Trinajstić information content (AvgIpc) is 3.40. The topological polar surface area (TPSA) is 125 Å². The maximum Gasteiger partial charge on any atom is 0.416 e. The van der Waals surface area contributed by atoms with Gasteiger partial charge in [-0.05, 0) is 42.3 Å². The molecule has 220 valence electrons. The molecular weight excluding hydrogens is 557 g/mol. The average molecular weight is 585 g/mol. The number of hydrogen-bond donors (Lipinski definition) is 2. The summed E-state index contributed by atoms with van der Waals surface area (Å²) < 4.78 is 57.4. The minimum atomic E-state index is -4.75. The summed E-state index contributed by atoms with van der Waals surface area (Å²) in [5, 5.41) is 21.7. The number of hydrogen-bond acceptors (Lipinski definition) is 8. The lowest BCUT2D eigenvalue weighted by atomic mass is 10.00. The molecule has 4 rings (SSSR count). The SMILES string of the molecule is CCOC(=O)c1nnn(Cc2ccc(OC)cc2)c1C(O)c1ccc(C(F)(F)F)cc1NC(=O)OCc1ccccc1. The zero-order chi connectivity index (χ0) is 30.3. The van der Waals surface area contributed by atoms with E-state index in [1.807, 2.05) is 0 Å². The molecule has 0 radical (unpaired) electrons. The van der Waals surface area contributed by atoms with Crippen molar-refractivity contribution in [3.63, 3.8) is 0 Å². The first-order valence-electron chi connectivity index (χ1n) is 12.7. The van der Waals surface area contributed by atoms with E-state index >= 15 is 0 Å². The lowest BCUT2D eigenvalue weighted by Crippen LogP contribution is -2.20. The first-order valence-corrected chi connectivity index (χ1v) is 12.7. The monoisotopic (exact) mass is 584 g/mol. The number of ether oxygens (including phenoxy) is 3. The Morgan fingerprint density at radius 1 is 1.00 bits per heavy atom. The highest BCUT2D eigenvalue weighted by atomic mass is 19.4. The molecule has 1 atom stereocenters. The van der Waals surface area contributed by atoms with Crippen molar-refractivity contribution < 1.29 is 42.1 Å². The quantitative estimate of drug-likeness (QED) is 0.239. The van der Waals surface area contributed by atoms with Crippen LogP contribution in [0.3, 0.4) is 0 Å². The van der Waals surface area contributed by atoms with Crippen molar-refractivity contribution in [3.8, 4) is 5.75 Å². The molecule has 13 heteroatoms. The van der Waals surface area contributed by atoms with Gasteiger partial charge in [-0.15, -0.1) is 5.10 Å². The number of nitrogens with zero attached hydrogens (tertiary/aromatic N) is 3. The predicted octanol–water partition coefficient (Wildman–Crippen LogP) is 5.36. The molecule has 0 fully saturated rings. The summed E-state index contributed by atoms with van der Waals surface area (Å²) in [5.41, 5.74) is -0.761. The molecule has 42 heavy (non-hydrogen) atoms. The van der Waals surface area contributed by atoms with Gasteiger partial charge in [-0.25, -0.2) is 14.3 Å². The third-order valence-corrected chi connectivity index (χ3v) is 6.12. The van der Waals surface area contributed by atoms with Gasteiger partial charge in [-0.3, -0.25) is 5.32 Å². The van der Waals surface area contributed by atoms with Crippen LogP contribution in [0.25, 0.3) is 0 Å². The summed E-state index contributed by atoms with van der Waals surface area (Å²) in [6, 6.07) is 18.0. The molecule has 0 aliphatic heterocycles. The second-order valence-corrected chi connectivity index (χ2v) is 8.94. The first-order chi connectivity index (χ1) is 20.1. The molecule has 1 aromatic heterocycles. The van der Waals surface area contributed by atoms with Gasteiger partial charge in [0.05, 0.1) is 31.5 Å². The Morgan fingerprint density at radius 2 is 1.71 bits per heavy atom. The van der Waals surface area contributed by atoms with E-state index in [9.17, 15) is 27.9 Å². The lowest BCUT2D eigenvalue weighted by Gasteiger charge is -2.20. The number of carbonyl (C=O) groups is 2. The van der Waals surface area contributed by atoms with Gasteiger partial charge in [0.25, 0.3) is 0 Å². The van der Waals surface area contributed by atoms with Crippen molar-refractivity contribution in [2.24, 2.45) is 0 Å². The maximum atomic E-state index is 13.6. The number of alkyl halides is 3. The fourth-order valence-corrected chi connectivity index (χ4v) is 4.05. The van der Waals surface area contributed by atoms with E-state index in [0.29, 0.717) is 22.9 Å². The van der Waals surface area contributed by atoms with Crippen molar-refractivity contribution in [1.82, 2.24) is 15.0 Å². The molecule has 0 aliphatic carbocycles. The molecule has 10 nitrogen and oxygen atoms in total. The highest BCUT2D eigenvalue weighted by Gasteiger charge is 2.34. The van der Waals surface area contributed by atoms with Crippen LogP contribution in [0.2, 0.25) is 0 Å². The number of nitrogens with one attached hydrogen (secondary N) is 1. The zero-order valence-corrected chi connectivity index (χ0v) is 22.6. The number of esters is 1. The van der Waals surface area contributed by atoms with E-state index in [1.54, 1.807) is 61.5 Å². The van der Waals surface area contributed by atoms with Gasteiger partial charge in [0.15, 0.2) is 5.69 Å². The summed E-state index contributed by atoms with van der Waals surface area (Å²) in [6.45, 7) is 1.47. The fourth-order valence-electron chi connectivity index (χ4n) is 4.05. The number of rotatable bonds is 10. The third kappa shape index (κ3) is 7.23. The van der Waals surface area contributed by atoms with E-state index in [-0.39, 0.29) is 42.4 Å². The van der Waals surface area contributed by atoms with Gasteiger partial charge >= 0.3 is 18.2 Å². The minimum absolute atomic E-state index is 0.0000482. The van der Waals surface area contributed by atoms with E-state index < -0.39 is 29.9 Å². The largest absolute Gasteiger partial charge is 0.497 e. The lowest BCUT2D eigenvalue weighted by molar-refractivity contribution is -0.137. The third-order valence-electron chi connectivity index (χ3n) is 6.12. The van der Waals surface area contributed by atoms with Crippen molar-refractivity contribution in [1.29, 1.82) is 0 Å². The molecular formula is C29H27F3N4O6. The molecule has 1 heterocycles. The van der Waals surface area contributed by atoms with Crippen LogP contribution in [0.1, 0.15) is 51.5 Å². The second kappa shape index (κ2) is 13.2. The first kappa shape index (κ1) is 30.1. The summed E-state index contributed by atoms with van der Waals surface area (Å²) >= 11 is 0. The van der Waals surface area contributed by atoms with Crippen molar-refractivity contribution in [3.05, 3.63) is 106 Å². The van der Waals surface area contributed by atoms with Crippen LogP contribution in [0.5, 0.6) is 5.75 Å². The van der Waals surface area contributed by atoms with Crippen LogP contribution in [-0.2, 0) is 28.8 Å². The number of methoxy groups -OCH3 is 1. The van der Waals surface area contributed by atoms with E-state index in [0.717, 1.165) is 12.1 Å². The fraction of sp³-hybridized carbons (Fsp3) is 0.241. The molecule has 2 N–H and O–H groups in total. The van der Waals surface area contributed by atoms with Crippen LogP contribution in [-0.4, -0.2) is 45.9 Å². The standard InChI is InChI=1S/C29H27F3N4O6/c1-3-41-27(38)24-25(36(35-34-24)16-18-9-12-21(40-2)13-10-18)26(37)22-14-11-20(29(30,31)32)15-23(22)33-28(39)42-17-19-7-5-4-6-8-19/h4-15,26,37H,3,16-17H2,1-2H3,(H,33,39). The summed E-state index contributed by atoms with van der Waals surface area (Å²) in [5.74, 6) is -0.291. The van der Waals surface area contributed by atoms with Crippen LogP contribution in [0.15, 0.2) is 72.8 Å². The Balaban J connectivity index is 1.71. The molecule has 0 saturated carbocycles.